The van der Waals surface area contributed by atoms with Crippen LogP contribution >= 0.6 is 11.3 Å². The molecule has 1 amide bonds. The van der Waals surface area contributed by atoms with Gasteiger partial charge in [0.2, 0.25) is 11.8 Å². The average molecular weight is 370 g/mol. The highest BCUT2D eigenvalue weighted by molar-refractivity contribution is 7.13. The first kappa shape index (κ1) is 18.2. The molecule has 26 heavy (non-hydrogen) atoms. The van der Waals surface area contributed by atoms with Crippen LogP contribution in [0.5, 0.6) is 5.75 Å². The van der Waals surface area contributed by atoms with Gasteiger partial charge in [0.15, 0.2) is 0 Å². The van der Waals surface area contributed by atoms with Gasteiger partial charge in [-0.05, 0) is 43.8 Å². The Bertz CT molecular complexity index is 885. The number of carbonyl (C=O) groups is 1. The van der Waals surface area contributed by atoms with E-state index in [0.717, 1.165) is 16.2 Å². The summed E-state index contributed by atoms with van der Waals surface area (Å²) in [5.74, 6) is 2.00. The molecule has 0 atom stereocenters. The van der Waals surface area contributed by atoms with Crippen LogP contribution in [0.3, 0.4) is 0 Å². The number of hydrogen-bond donors (Lipinski definition) is 1. The molecule has 136 valence electrons. The van der Waals surface area contributed by atoms with Crippen LogP contribution in [0.25, 0.3) is 10.8 Å². The van der Waals surface area contributed by atoms with E-state index in [1.54, 1.807) is 11.3 Å². The van der Waals surface area contributed by atoms with Crippen LogP contribution in [-0.4, -0.2) is 24.0 Å². The van der Waals surface area contributed by atoms with E-state index in [1.807, 2.05) is 50.4 Å². The highest BCUT2D eigenvalue weighted by atomic mass is 32.1. The molecule has 0 radical (unpaired) electrons. The molecule has 0 aliphatic carbocycles. The fraction of sp³-hybridized carbons (Fsp3) is 0.300. The molecule has 0 saturated heterocycles. The zero-order valence-electron chi connectivity index (χ0n) is 15.2. The zero-order valence-corrected chi connectivity index (χ0v) is 16.0. The second-order valence-electron chi connectivity index (χ2n) is 6.14. The van der Waals surface area contributed by atoms with E-state index in [9.17, 15) is 4.79 Å². The Balaban J connectivity index is 1.47. The first-order valence-electron chi connectivity index (χ1n) is 8.50. The lowest BCUT2D eigenvalue weighted by Crippen LogP contribution is -2.29. The fourth-order valence-corrected chi connectivity index (χ4v) is 3.27. The molecular weight excluding hydrogens is 348 g/mol. The standard InChI is InChI=1S/C20H22N2O3S/c1-13-6-7-17(14(2)11-13)24-9-8-21-19(23)12-16-15(3)25-20(22-16)18-5-4-10-26-18/h4-7,10-11H,8-9,12H2,1-3H3,(H,21,23). The fourth-order valence-electron chi connectivity index (χ4n) is 2.62. The topological polar surface area (TPSA) is 64.4 Å². The van der Waals surface area contributed by atoms with Crippen molar-refractivity contribution >= 4 is 17.2 Å². The second kappa shape index (κ2) is 8.19. The van der Waals surface area contributed by atoms with Crippen LogP contribution < -0.4 is 10.1 Å². The third-order valence-corrected chi connectivity index (χ3v) is 4.82. The third-order valence-electron chi connectivity index (χ3n) is 3.96. The Labute approximate surface area is 157 Å². The number of aromatic nitrogens is 1. The Hall–Kier alpha value is -2.60. The number of ether oxygens (including phenoxy) is 1. The summed E-state index contributed by atoms with van der Waals surface area (Å²) in [7, 11) is 0. The largest absolute Gasteiger partial charge is 0.491 e. The highest BCUT2D eigenvalue weighted by Gasteiger charge is 2.15. The van der Waals surface area contributed by atoms with Gasteiger partial charge < -0.3 is 14.5 Å². The Morgan fingerprint density at radius 2 is 2.12 bits per heavy atom. The highest BCUT2D eigenvalue weighted by Crippen LogP contribution is 2.26. The number of carbonyl (C=O) groups excluding carboxylic acids is 1. The molecular formula is C20H22N2O3S. The Morgan fingerprint density at radius 3 is 2.85 bits per heavy atom. The molecule has 0 fully saturated rings. The van der Waals surface area contributed by atoms with Gasteiger partial charge in [0, 0.05) is 0 Å². The van der Waals surface area contributed by atoms with Gasteiger partial charge in [0.05, 0.1) is 23.5 Å². The van der Waals surface area contributed by atoms with Crippen LogP contribution in [0.2, 0.25) is 0 Å². The van der Waals surface area contributed by atoms with Crippen molar-refractivity contribution in [3.8, 4) is 16.5 Å². The number of nitrogens with one attached hydrogen (secondary N) is 1. The lowest BCUT2D eigenvalue weighted by atomic mass is 10.1. The summed E-state index contributed by atoms with van der Waals surface area (Å²) in [6.45, 7) is 6.76. The summed E-state index contributed by atoms with van der Waals surface area (Å²) >= 11 is 1.56. The number of thiophene rings is 1. The number of benzene rings is 1. The van der Waals surface area contributed by atoms with Crippen molar-refractivity contribution in [2.75, 3.05) is 13.2 Å². The van der Waals surface area contributed by atoms with Crippen LogP contribution in [0.1, 0.15) is 22.6 Å². The molecule has 3 aromatic rings. The first-order chi connectivity index (χ1) is 12.5. The zero-order chi connectivity index (χ0) is 18.5. The summed E-state index contributed by atoms with van der Waals surface area (Å²) in [4.78, 5) is 17.5. The first-order valence-corrected chi connectivity index (χ1v) is 9.38. The van der Waals surface area contributed by atoms with Crippen LogP contribution in [0.4, 0.5) is 0 Å². The van der Waals surface area contributed by atoms with Crippen molar-refractivity contribution in [1.82, 2.24) is 10.3 Å². The smallest absolute Gasteiger partial charge is 0.236 e. The van der Waals surface area contributed by atoms with Crippen LogP contribution in [-0.2, 0) is 11.2 Å². The molecule has 3 rings (SSSR count). The molecule has 0 saturated carbocycles. The van der Waals surface area contributed by atoms with E-state index in [1.165, 1.54) is 5.56 Å². The quantitative estimate of drug-likeness (QED) is 0.637. The maximum absolute atomic E-state index is 12.1. The minimum absolute atomic E-state index is 0.0941. The van der Waals surface area contributed by atoms with Gasteiger partial charge >= 0.3 is 0 Å². The van der Waals surface area contributed by atoms with E-state index in [-0.39, 0.29) is 12.3 Å². The van der Waals surface area contributed by atoms with E-state index in [2.05, 4.69) is 16.4 Å². The number of hydrogen-bond acceptors (Lipinski definition) is 5. The summed E-state index contributed by atoms with van der Waals surface area (Å²) in [5.41, 5.74) is 2.96. The predicted molar refractivity (Wildman–Crippen MR) is 103 cm³/mol. The Morgan fingerprint density at radius 1 is 1.27 bits per heavy atom. The molecule has 2 aromatic heterocycles. The molecule has 2 heterocycles. The molecule has 0 bridgehead atoms. The molecule has 5 nitrogen and oxygen atoms in total. The maximum atomic E-state index is 12.1. The summed E-state index contributed by atoms with van der Waals surface area (Å²) in [5, 5.41) is 4.83. The predicted octanol–water partition coefficient (Wildman–Crippen LogP) is 4.07. The number of oxazole rings is 1. The van der Waals surface area contributed by atoms with Crippen molar-refractivity contribution in [2.24, 2.45) is 0 Å². The van der Waals surface area contributed by atoms with Gasteiger partial charge in [-0.15, -0.1) is 11.3 Å². The lowest BCUT2D eigenvalue weighted by Gasteiger charge is -2.10. The molecule has 0 aliphatic heterocycles. The van der Waals surface area contributed by atoms with E-state index in [0.29, 0.717) is 30.5 Å². The monoisotopic (exact) mass is 370 g/mol. The molecule has 1 N–H and O–H groups in total. The Kier molecular flexibility index (Phi) is 5.73. The summed E-state index contributed by atoms with van der Waals surface area (Å²) in [6, 6.07) is 9.94. The van der Waals surface area contributed by atoms with E-state index in [4.69, 9.17) is 9.15 Å². The minimum Gasteiger partial charge on any atom is -0.491 e. The summed E-state index contributed by atoms with van der Waals surface area (Å²) < 4.78 is 11.4. The number of aryl methyl sites for hydroxylation is 3. The maximum Gasteiger partial charge on any atom is 0.236 e. The van der Waals surface area contributed by atoms with Crippen molar-refractivity contribution in [3.63, 3.8) is 0 Å². The molecule has 6 heteroatoms. The van der Waals surface area contributed by atoms with Gasteiger partial charge in [-0.3, -0.25) is 4.79 Å². The number of rotatable bonds is 7. The summed E-state index contributed by atoms with van der Waals surface area (Å²) in [6.07, 6.45) is 0.199. The van der Waals surface area contributed by atoms with E-state index < -0.39 is 0 Å². The van der Waals surface area contributed by atoms with Gasteiger partial charge in [0.25, 0.3) is 0 Å². The van der Waals surface area contributed by atoms with Gasteiger partial charge in [0.1, 0.15) is 18.1 Å². The average Bonchev–Trinajstić information content (AvgIpc) is 3.24. The SMILES string of the molecule is Cc1ccc(OCCNC(=O)Cc2nc(-c3cccs3)oc2C)c(C)c1. The van der Waals surface area contributed by atoms with Gasteiger partial charge in [-0.2, -0.15) is 0 Å². The minimum atomic E-state index is -0.0941. The second-order valence-corrected chi connectivity index (χ2v) is 7.09. The molecule has 0 spiro atoms. The number of amides is 1. The van der Waals surface area contributed by atoms with Crippen LogP contribution in [0, 0.1) is 20.8 Å². The van der Waals surface area contributed by atoms with Gasteiger partial charge in [-0.25, -0.2) is 4.98 Å². The van der Waals surface area contributed by atoms with Crippen molar-refractivity contribution in [1.29, 1.82) is 0 Å². The van der Waals surface area contributed by atoms with Crippen molar-refractivity contribution in [2.45, 2.75) is 27.2 Å². The van der Waals surface area contributed by atoms with E-state index >= 15 is 0 Å². The van der Waals surface area contributed by atoms with Gasteiger partial charge in [-0.1, -0.05) is 23.8 Å². The normalized spacial score (nSPS) is 10.7. The molecule has 0 unspecified atom stereocenters. The lowest BCUT2D eigenvalue weighted by molar-refractivity contribution is -0.120. The third kappa shape index (κ3) is 4.52. The van der Waals surface area contributed by atoms with Crippen LogP contribution in [0.15, 0.2) is 40.1 Å². The van der Waals surface area contributed by atoms with Crippen molar-refractivity contribution < 1.29 is 13.9 Å². The van der Waals surface area contributed by atoms with Crippen molar-refractivity contribution in [3.05, 3.63) is 58.3 Å². The number of nitrogens with zero attached hydrogens (tertiary/aromatic N) is 1. The molecule has 1 aromatic carbocycles. The molecule has 0 aliphatic rings.